The monoisotopic (exact) mass is 799 g/mol. The van der Waals surface area contributed by atoms with Gasteiger partial charge in [0.05, 0.1) is 26.5 Å². The van der Waals surface area contributed by atoms with Crippen molar-refractivity contribution < 1.29 is 35.7 Å². The van der Waals surface area contributed by atoms with Gasteiger partial charge in [0.15, 0.2) is 0 Å². The summed E-state index contributed by atoms with van der Waals surface area (Å²) in [5, 5.41) is 22.8. The predicted molar refractivity (Wildman–Crippen MR) is 159 cm³/mol. The van der Waals surface area contributed by atoms with Crippen molar-refractivity contribution >= 4 is 51.2 Å². The number of esters is 1. The van der Waals surface area contributed by atoms with E-state index in [0.29, 0.717) is 7.14 Å². The molecule has 6 atom stereocenters. The number of halogens is 2. The molecule has 0 unspecified atom stereocenters. The van der Waals surface area contributed by atoms with Crippen LogP contribution in [0.5, 0.6) is 0 Å². The highest BCUT2D eigenvalue weighted by Crippen LogP contribution is 2.30. The summed E-state index contributed by atoms with van der Waals surface area (Å²) in [4.78, 5) is 61.3. The van der Waals surface area contributed by atoms with E-state index in [9.17, 15) is 29.1 Å². The van der Waals surface area contributed by atoms with E-state index in [1.54, 1.807) is 45.2 Å². The minimum atomic E-state index is -0.818. The van der Waals surface area contributed by atoms with Crippen LogP contribution in [0, 0.1) is 7.14 Å². The van der Waals surface area contributed by atoms with E-state index in [1.165, 1.54) is 35.9 Å². The number of carbonyl (C=O) groups is 1. The molecule has 0 aromatic carbocycles. The van der Waals surface area contributed by atoms with Gasteiger partial charge >= 0.3 is 17.3 Å². The number of nitrogens with zero attached hydrogens (tertiary/aromatic N) is 2. The van der Waals surface area contributed by atoms with Crippen LogP contribution in [0.3, 0.4) is 0 Å². The number of aromatic nitrogens is 4. The second kappa shape index (κ2) is 16.5. The third-order valence-corrected chi connectivity index (χ3v) is 7.05. The Kier molecular flexibility index (Phi) is 13.5. The minimum absolute atomic E-state index is 0.0936. The topological polar surface area (TPSA) is 215 Å². The Morgan fingerprint density at radius 3 is 1.95 bits per heavy atom. The maximum atomic E-state index is 11.8. The molecule has 0 aliphatic carbocycles. The molecule has 2 aliphatic rings. The number of nitrogens with one attached hydrogen (secondary N) is 2. The molecule has 2 aliphatic heterocycles. The molecule has 4 heterocycles. The van der Waals surface area contributed by atoms with E-state index in [0.717, 1.165) is 0 Å². The molecular weight excluding hydrogens is 762 g/mol. The first-order chi connectivity index (χ1) is 19.9. The number of aliphatic hydroxyl groups is 3. The Bertz CT molecular complexity index is 1380. The third-order valence-electron chi connectivity index (χ3n) is 5.52. The van der Waals surface area contributed by atoms with Crippen LogP contribution < -0.4 is 22.5 Å². The molecular formula is C23H34I2N4O11. The van der Waals surface area contributed by atoms with Gasteiger partial charge in [-0.25, -0.2) is 9.59 Å². The molecule has 40 heavy (non-hydrogen) atoms. The minimum Gasteiger partial charge on any atom is -0.460 e. The van der Waals surface area contributed by atoms with Crippen molar-refractivity contribution in [1.82, 2.24) is 19.1 Å². The first kappa shape index (κ1) is 32.6. The number of ether oxygens (including phenoxy) is 3. The highest BCUT2D eigenvalue weighted by Gasteiger charge is 2.38. The maximum absolute atomic E-state index is 11.8. The van der Waals surface area contributed by atoms with Gasteiger partial charge in [-0.2, -0.15) is 0 Å². The van der Waals surface area contributed by atoms with E-state index in [1.807, 2.05) is 13.8 Å². The SMILES string of the molecule is CC.O=c1[nH]c(=O)n([C@H]2C[C@@H](O)[C@@H](CO)O2)cc1I.[2H]OC[C@H]1O[C@@H](n2cc(I)c(=O)[nH]c2=O)C[C@H]1OC(C)=O.[3H]C. The second-order valence-electron chi connectivity index (χ2n) is 8.08. The standard InChI is InChI=1S/C11H13IN2O6.C9H11IN2O5.C2H6.CH4/c1-5(16)19-7-2-9(20-8(7)4-15)14-3-6(12)10(17)13-11(14)18;10-4-2-12(9(16)11-8(4)15)7-1-5(14)6(3-13)17-7;1-2;/h3,7-9,15H,2,4H2,1H3,(H,13,17,18);2,5-7,13-14H,1,3H2,(H,11,15,16);1-2H3;1H4/t7-,8-,9-;5-,6-,7-;;/m11../s1/i15D;;;1T. The van der Waals surface area contributed by atoms with Crippen molar-refractivity contribution in [3.05, 3.63) is 61.2 Å². The van der Waals surface area contributed by atoms with Crippen molar-refractivity contribution in [1.29, 1.82) is 1.43 Å². The maximum Gasteiger partial charge on any atom is 0.330 e. The fourth-order valence-corrected chi connectivity index (χ4v) is 4.63. The van der Waals surface area contributed by atoms with E-state index < -0.39 is 65.3 Å². The van der Waals surface area contributed by atoms with Crippen molar-refractivity contribution in [3.8, 4) is 0 Å². The molecule has 226 valence electrons. The van der Waals surface area contributed by atoms with Crippen LogP contribution in [0.15, 0.2) is 31.6 Å². The lowest BCUT2D eigenvalue weighted by molar-refractivity contribution is -0.150. The zero-order valence-electron chi connectivity index (χ0n) is 24.2. The summed E-state index contributed by atoms with van der Waals surface area (Å²) in [6, 6.07) is 0. The van der Waals surface area contributed by atoms with E-state index >= 15 is 0 Å². The molecule has 2 aromatic heterocycles. The first-order valence-corrected chi connectivity index (χ1v) is 14.0. The normalized spacial score (nSPS) is 25.6. The van der Waals surface area contributed by atoms with Crippen LogP contribution in [0.1, 0.15) is 54.8 Å². The number of rotatable bonds is 6. The van der Waals surface area contributed by atoms with Gasteiger partial charge in [0.2, 0.25) is 1.43 Å². The van der Waals surface area contributed by atoms with Crippen LogP contribution in [0.25, 0.3) is 0 Å². The van der Waals surface area contributed by atoms with Gasteiger partial charge < -0.3 is 29.5 Å². The highest BCUT2D eigenvalue weighted by atomic mass is 127. The second-order valence-corrected chi connectivity index (χ2v) is 10.4. The molecule has 5 N–H and O–H groups in total. The van der Waals surface area contributed by atoms with E-state index in [4.69, 9.17) is 22.1 Å². The summed E-state index contributed by atoms with van der Waals surface area (Å²) >= 11 is 3.60. The molecule has 0 spiro atoms. The van der Waals surface area contributed by atoms with Gasteiger partial charge in [0, 0.05) is 33.5 Å². The summed E-state index contributed by atoms with van der Waals surface area (Å²) in [6.07, 6.45) is -0.962. The summed E-state index contributed by atoms with van der Waals surface area (Å²) in [6.45, 7) is 4.86. The number of hydrogen-bond acceptors (Lipinski definition) is 11. The van der Waals surface area contributed by atoms with Crippen LogP contribution in [-0.4, -0.2) is 79.5 Å². The summed E-state index contributed by atoms with van der Waals surface area (Å²) < 4.78 is 31.7. The molecule has 2 saturated heterocycles. The van der Waals surface area contributed by atoms with Crippen LogP contribution in [0.2, 0.25) is 0 Å². The Balaban J connectivity index is 0.000000382. The van der Waals surface area contributed by atoms with E-state index in [2.05, 4.69) is 15.1 Å². The first-order valence-electron chi connectivity index (χ1n) is 13.2. The number of H-pyrrole nitrogens is 2. The van der Waals surface area contributed by atoms with Crippen molar-refractivity contribution in [3.63, 3.8) is 0 Å². The highest BCUT2D eigenvalue weighted by molar-refractivity contribution is 14.1. The van der Waals surface area contributed by atoms with Gasteiger partial charge in [0.1, 0.15) is 30.8 Å². The molecule has 15 nitrogen and oxygen atoms in total. The van der Waals surface area contributed by atoms with Crippen LogP contribution in [0.4, 0.5) is 0 Å². The average Bonchev–Trinajstić information content (AvgIpc) is 3.53. The summed E-state index contributed by atoms with van der Waals surface area (Å²) in [5.74, 6) is -0.484. The Morgan fingerprint density at radius 2 is 1.52 bits per heavy atom. The number of hydrogen-bond donors (Lipinski definition) is 5. The average molecular weight is 799 g/mol. The van der Waals surface area contributed by atoms with Gasteiger partial charge in [0.25, 0.3) is 11.1 Å². The fourth-order valence-electron chi connectivity index (χ4n) is 3.76. The van der Waals surface area contributed by atoms with Crippen molar-refractivity contribution in [2.75, 3.05) is 13.2 Å². The summed E-state index contributed by atoms with van der Waals surface area (Å²) in [5.41, 5.74) is -2.13. The van der Waals surface area contributed by atoms with Gasteiger partial charge in [-0.3, -0.25) is 33.5 Å². The van der Waals surface area contributed by atoms with Gasteiger partial charge in [-0.1, -0.05) is 21.3 Å². The zero-order chi connectivity index (χ0) is 32.1. The predicted octanol–water partition coefficient (Wildman–Crippen LogP) is -0.203. The quantitative estimate of drug-likeness (QED) is 0.191. The molecule has 2 aromatic rings. The van der Waals surface area contributed by atoms with Crippen LogP contribution >= 0.6 is 45.2 Å². The molecule has 2 fully saturated rings. The van der Waals surface area contributed by atoms with Crippen molar-refractivity contribution in [2.24, 2.45) is 0 Å². The molecule has 0 bridgehead atoms. The Labute approximate surface area is 258 Å². The number of carbonyl (C=O) groups excluding carboxylic acids is 1. The Hall–Kier alpha value is -1.91. The largest absolute Gasteiger partial charge is 0.460 e. The fraction of sp³-hybridized carbons (Fsp3) is 0.609. The molecule has 17 heteroatoms. The van der Waals surface area contributed by atoms with Gasteiger partial charge in [-0.15, -0.1) is 0 Å². The number of aliphatic hydroxyl groups excluding tert-OH is 3. The van der Waals surface area contributed by atoms with Gasteiger partial charge in [-0.05, 0) is 45.2 Å². The molecule has 0 amide bonds. The van der Waals surface area contributed by atoms with Crippen LogP contribution in [-0.2, 0) is 19.0 Å². The lowest BCUT2D eigenvalue weighted by Gasteiger charge is -2.15. The lowest BCUT2D eigenvalue weighted by atomic mass is 10.2. The molecule has 0 saturated carbocycles. The smallest absolute Gasteiger partial charge is 0.330 e. The number of aromatic amines is 2. The molecule has 0 radical (unpaired) electrons. The molecule has 4 rings (SSSR count). The summed E-state index contributed by atoms with van der Waals surface area (Å²) in [7, 11) is 1.25. The lowest BCUT2D eigenvalue weighted by Crippen LogP contribution is -2.33. The van der Waals surface area contributed by atoms with Crippen molar-refractivity contribution in [2.45, 2.75) is 77.9 Å². The van der Waals surface area contributed by atoms with E-state index in [-0.39, 0.29) is 26.1 Å². The zero-order valence-corrected chi connectivity index (χ0v) is 26.5. The third kappa shape index (κ3) is 9.05. The Morgan fingerprint density at radius 1 is 1.05 bits per heavy atom.